The molecule has 1 aromatic carbocycles. The fraction of sp³-hybridized carbons (Fsp3) is 0.312. The van der Waals surface area contributed by atoms with Crippen LogP contribution in [0.1, 0.15) is 22.4 Å². The molecule has 0 saturated carbocycles. The number of pyridine rings is 1. The molecule has 4 nitrogen and oxygen atoms in total. The van der Waals surface area contributed by atoms with Gasteiger partial charge in [0, 0.05) is 30.4 Å². The third-order valence-corrected chi connectivity index (χ3v) is 3.31. The van der Waals surface area contributed by atoms with Gasteiger partial charge in [-0.3, -0.25) is 4.98 Å². The molecule has 106 valence electrons. The van der Waals surface area contributed by atoms with Crippen LogP contribution in [0.25, 0.3) is 0 Å². The third-order valence-electron chi connectivity index (χ3n) is 3.31. The van der Waals surface area contributed by atoms with Crippen molar-refractivity contribution in [2.75, 3.05) is 7.11 Å². The SMILES string of the molecule is COc1c(C)cnc(CNCc2ccc(O)cc2)c1C. The van der Waals surface area contributed by atoms with Crippen molar-refractivity contribution in [3.63, 3.8) is 0 Å². The number of methoxy groups -OCH3 is 1. The van der Waals surface area contributed by atoms with Gasteiger partial charge >= 0.3 is 0 Å². The highest BCUT2D eigenvalue weighted by Crippen LogP contribution is 2.23. The fourth-order valence-corrected chi connectivity index (χ4v) is 2.19. The van der Waals surface area contributed by atoms with Crippen LogP contribution in [0.5, 0.6) is 11.5 Å². The zero-order valence-electron chi connectivity index (χ0n) is 12.1. The number of aryl methyl sites for hydroxylation is 1. The third kappa shape index (κ3) is 3.27. The molecule has 0 unspecified atom stereocenters. The fourth-order valence-electron chi connectivity index (χ4n) is 2.19. The molecule has 4 heteroatoms. The predicted octanol–water partition coefficient (Wildman–Crippen LogP) is 2.70. The molecule has 0 amide bonds. The van der Waals surface area contributed by atoms with Crippen molar-refractivity contribution in [3.05, 3.63) is 52.8 Å². The lowest BCUT2D eigenvalue weighted by atomic mass is 10.1. The molecular weight excluding hydrogens is 252 g/mol. The normalized spacial score (nSPS) is 10.6. The van der Waals surface area contributed by atoms with E-state index in [1.807, 2.05) is 32.2 Å². The molecule has 20 heavy (non-hydrogen) atoms. The van der Waals surface area contributed by atoms with Gasteiger partial charge in [-0.05, 0) is 31.5 Å². The van der Waals surface area contributed by atoms with Crippen LogP contribution in [-0.2, 0) is 13.1 Å². The van der Waals surface area contributed by atoms with E-state index in [1.165, 1.54) is 0 Å². The van der Waals surface area contributed by atoms with Gasteiger partial charge in [-0.25, -0.2) is 0 Å². The largest absolute Gasteiger partial charge is 0.508 e. The van der Waals surface area contributed by atoms with Crippen molar-refractivity contribution < 1.29 is 9.84 Å². The van der Waals surface area contributed by atoms with Crippen molar-refractivity contribution in [1.29, 1.82) is 0 Å². The molecule has 0 spiro atoms. The van der Waals surface area contributed by atoms with Gasteiger partial charge in [-0.15, -0.1) is 0 Å². The van der Waals surface area contributed by atoms with Gasteiger partial charge < -0.3 is 15.2 Å². The molecule has 1 heterocycles. The minimum atomic E-state index is 0.287. The standard InChI is InChI=1S/C16H20N2O2/c1-11-8-18-15(12(2)16(11)20-3)10-17-9-13-4-6-14(19)7-5-13/h4-8,17,19H,9-10H2,1-3H3. The van der Waals surface area contributed by atoms with Gasteiger partial charge in [-0.2, -0.15) is 0 Å². The molecule has 0 aliphatic carbocycles. The Morgan fingerprint density at radius 3 is 2.50 bits per heavy atom. The van der Waals surface area contributed by atoms with Gasteiger partial charge in [0.1, 0.15) is 11.5 Å². The average molecular weight is 272 g/mol. The molecule has 0 bridgehead atoms. The summed E-state index contributed by atoms with van der Waals surface area (Å²) < 4.78 is 5.40. The van der Waals surface area contributed by atoms with E-state index in [0.717, 1.165) is 34.7 Å². The Morgan fingerprint density at radius 1 is 1.15 bits per heavy atom. The maximum atomic E-state index is 9.24. The highest BCUT2D eigenvalue weighted by molar-refractivity contribution is 5.41. The minimum Gasteiger partial charge on any atom is -0.508 e. The quantitative estimate of drug-likeness (QED) is 0.878. The molecule has 0 fully saturated rings. The summed E-state index contributed by atoms with van der Waals surface area (Å²) in [6.45, 7) is 5.43. The summed E-state index contributed by atoms with van der Waals surface area (Å²) >= 11 is 0. The molecule has 2 rings (SSSR count). The number of nitrogens with zero attached hydrogens (tertiary/aromatic N) is 1. The van der Waals surface area contributed by atoms with E-state index in [2.05, 4.69) is 10.3 Å². The van der Waals surface area contributed by atoms with Crippen LogP contribution < -0.4 is 10.1 Å². The van der Waals surface area contributed by atoms with Crippen LogP contribution in [0.15, 0.2) is 30.5 Å². The van der Waals surface area contributed by atoms with Crippen LogP contribution in [0.4, 0.5) is 0 Å². The van der Waals surface area contributed by atoms with Crippen LogP contribution in [0.3, 0.4) is 0 Å². The number of nitrogens with one attached hydrogen (secondary N) is 1. The second kappa shape index (κ2) is 6.39. The number of aromatic nitrogens is 1. The number of phenolic OH excluding ortho intramolecular Hbond substituents is 1. The van der Waals surface area contributed by atoms with Gasteiger partial charge in [0.2, 0.25) is 0 Å². The second-order valence-corrected chi connectivity index (χ2v) is 4.82. The second-order valence-electron chi connectivity index (χ2n) is 4.82. The zero-order chi connectivity index (χ0) is 14.5. The first-order chi connectivity index (χ1) is 9.61. The molecule has 2 aromatic rings. The topological polar surface area (TPSA) is 54.4 Å². The maximum Gasteiger partial charge on any atom is 0.128 e. The lowest BCUT2D eigenvalue weighted by Gasteiger charge is -2.12. The van der Waals surface area contributed by atoms with Crippen LogP contribution >= 0.6 is 0 Å². The van der Waals surface area contributed by atoms with Crippen molar-refractivity contribution in [1.82, 2.24) is 10.3 Å². The van der Waals surface area contributed by atoms with Gasteiger partial charge in [-0.1, -0.05) is 12.1 Å². The smallest absolute Gasteiger partial charge is 0.128 e. The van der Waals surface area contributed by atoms with Crippen molar-refractivity contribution in [2.45, 2.75) is 26.9 Å². The van der Waals surface area contributed by atoms with Crippen LogP contribution in [0, 0.1) is 13.8 Å². The molecule has 1 aromatic heterocycles. The molecule has 0 saturated heterocycles. The highest BCUT2D eigenvalue weighted by atomic mass is 16.5. The minimum absolute atomic E-state index is 0.287. The van der Waals surface area contributed by atoms with Crippen molar-refractivity contribution >= 4 is 0 Å². The molecular formula is C16H20N2O2. The Morgan fingerprint density at radius 2 is 1.85 bits per heavy atom. The summed E-state index contributed by atoms with van der Waals surface area (Å²) in [5.74, 6) is 1.19. The highest BCUT2D eigenvalue weighted by Gasteiger charge is 2.08. The predicted molar refractivity (Wildman–Crippen MR) is 78.9 cm³/mol. The van der Waals surface area contributed by atoms with E-state index in [-0.39, 0.29) is 5.75 Å². The van der Waals surface area contributed by atoms with Gasteiger partial charge in [0.25, 0.3) is 0 Å². The number of hydrogen-bond donors (Lipinski definition) is 2. The number of ether oxygens (including phenoxy) is 1. The molecule has 2 N–H and O–H groups in total. The zero-order valence-corrected chi connectivity index (χ0v) is 12.1. The van der Waals surface area contributed by atoms with E-state index < -0.39 is 0 Å². The lowest BCUT2D eigenvalue weighted by Crippen LogP contribution is -2.15. The maximum absolute atomic E-state index is 9.24. The number of aromatic hydroxyl groups is 1. The first-order valence-corrected chi connectivity index (χ1v) is 6.59. The van der Waals surface area contributed by atoms with Gasteiger partial charge in [0.05, 0.1) is 12.8 Å². The van der Waals surface area contributed by atoms with E-state index >= 15 is 0 Å². The van der Waals surface area contributed by atoms with E-state index in [0.29, 0.717) is 6.54 Å². The van der Waals surface area contributed by atoms with Crippen LogP contribution in [0.2, 0.25) is 0 Å². The summed E-state index contributed by atoms with van der Waals surface area (Å²) in [6.07, 6.45) is 1.84. The average Bonchev–Trinajstić information content (AvgIpc) is 2.44. The molecule has 0 aliphatic rings. The first kappa shape index (κ1) is 14.3. The Hall–Kier alpha value is -2.07. The summed E-state index contributed by atoms with van der Waals surface area (Å²) in [6, 6.07) is 7.18. The molecule has 0 aliphatic heterocycles. The molecule has 0 radical (unpaired) electrons. The Labute approximate surface area is 119 Å². The summed E-state index contributed by atoms with van der Waals surface area (Å²) in [7, 11) is 1.68. The lowest BCUT2D eigenvalue weighted by molar-refractivity contribution is 0.406. The van der Waals surface area contributed by atoms with Crippen molar-refractivity contribution in [2.24, 2.45) is 0 Å². The number of rotatable bonds is 5. The summed E-state index contributed by atoms with van der Waals surface area (Å²) in [5.41, 5.74) is 4.24. The van der Waals surface area contributed by atoms with Crippen molar-refractivity contribution in [3.8, 4) is 11.5 Å². The summed E-state index contributed by atoms with van der Waals surface area (Å²) in [5, 5.41) is 12.6. The van der Waals surface area contributed by atoms with Gasteiger partial charge in [0.15, 0.2) is 0 Å². The summed E-state index contributed by atoms with van der Waals surface area (Å²) in [4.78, 5) is 4.45. The van der Waals surface area contributed by atoms with E-state index in [9.17, 15) is 5.11 Å². The first-order valence-electron chi connectivity index (χ1n) is 6.59. The molecule has 0 atom stereocenters. The van der Waals surface area contributed by atoms with E-state index in [1.54, 1.807) is 19.2 Å². The Kier molecular flexibility index (Phi) is 4.58. The monoisotopic (exact) mass is 272 g/mol. The Balaban J connectivity index is 1.99. The number of phenols is 1. The van der Waals surface area contributed by atoms with Crippen LogP contribution in [-0.4, -0.2) is 17.2 Å². The number of hydrogen-bond acceptors (Lipinski definition) is 4. The number of benzene rings is 1. The van der Waals surface area contributed by atoms with E-state index in [4.69, 9.17) is 4.74 Å². The Bertz CT molecular complexity index is 580.